The molecule has 0 saturated carbocycles. The molecule has 0 aliphatic carbocycles. The first kappa shape index (κ1) is 12.9. The highest BCUT2D eigenvalue weighted by Gasteiger charge is 2.19. The molecule has 88 valence electrons. The zero-order valence-corrected chi connectivity index (χ0v) is 10.7. The molecule has 1 rings (SSSR count). The van der Waals surface area contributed by atoms with Crippen LogP contribution in [0.4, 0.5) is 0 Å². The third-order valence-corrected chi connectivity index (χ3v) is 2.81. The molecule has 0 aromatic carbocycles. The van der Waals surface area contributed by atoms with Crippen molar-refractivity contribution in [2.75, 3.05) is 27.7 Å². The van der Waals surface area contributed by atoms with Gasteiger partial charge in [-0.15, -0.1) is 10.2 Å². The highest BCUT2D eigenvalue weighted by atomic mass is 35.5. The number of hydrogen-bond acceptors (Lipinski definition) is 5. The summed E-state index contributed by atoms with van der Waals surface area (Å²) in [5, 5.41) is 7.31. The van der Waals surface area contributed by atoms with E-state index in [1.807, 2.05) is 0 Å². The Hall–Kier alpha value is -1.21. The monoisotopic (exact) mass is 262 g/mol. The molecule has 6 nitrogen and oxygen atoms in total. The van der Waals surface area contributed by atoms with Crippen LogP contribution in [0, 0.1) is 0 Å². The predicted molar refractivity (Wildman–Crippen MR) is 60.6 cm³/mol. The summed E-state index contributed by atoms with van der Waals surface area (Å²) in [5.41, 5.74) is 0. The Morgan fingerprint density at radius 1 is 1.31 bits per heavy atom. The molecule has 0 N–H and O–H groups in total. The molecule has 1 aromatic rings. The van der Waals surface area contributed by atoms with E-state index in [4.69, 9.17) is 11.6 Å². The van der Waals surface area contributed by atoms with Crippen molar-refractivity contribution < 1.29 is 9.59 Å². The summed E-state index contributed by atoms with van der Waals surface area (Å²) >= 11 is 6.55. The summed E-state index contributed by atoms with van der Waals surface area (Å²) < 4.78 is 0.204. The second kappa shape index (κ2) is 5.22. The van der Waals surface area contributed by atoms with Gasteiger partial charge < -0.3 is 9.80 Å². The molecule has 2 amide bonds. The summed E-state index contributed by atoms with van der Waals surface area (Å²) in [6, 6.07) is 0. The Labute approximate surface area is 102 Å². The van der Waals surface area contributed by atoms with Crippen molar-refractivity contribution in [2.24, 2.45) is 0 Å². The topological polar surface area (TPSA) is 66.4 Å². The normalized spacial score (nSPS) is 10.0. The number of hydrogen-bond donors (Lipinski definition) is 0. The number of nitrogens with zero attached hydrogens (tertiary/aromatic N) is 4. The third kappa shape index (κ3) is 3.14. The number of likely N-dealkylation sites (N-methyl/N-ethyl adjacent to an activating group) is 2. The molecule has 0 radical (unpaired) electrons. The van der Waals surface area contributed by atoms with E-state index in [2.05, 4.69) is 10.2 Å². The second-order valence-corrected chi connectivity index (χ2v) is 4.87. The first-order chi connectivity index (χ1) is 7.41. The van der Waals surface area contributed by atoms with E-state index >= 15 is 0 Å². The Bertz CT molecular complexity index is 406. The van der Waals surface area contributed by atoms with Gasteiger partial charge in [-0.25, -0.2) is 0 Å². The highest BCUT2D eigenvalue weighted by Crippen LogP contribution is 2.15. The molecule has 16 heavy (non-hydrogen) atoms. The van der Waals surface area contributed by atoms with Gasteiger partial charge in [0.15, 0.2) is 0 Å². The van der Waals surface area contributed by atoms with Gasteiger partial charge in [0.25, 0.3) is 5.91 Å². The highest BCUT2D eigenvalue weighted by molar-refractivity contribution is 7.17. The third-order valence-electron chi connectivity index (χ3n) is 1.80. The molecule has 0 spiro atoms. The lowest BCUT2D eigenvalue weighted by Gasteiger charge is -2.17. The van der Waals surface area contributed by atoms with Crippen LogP contribution in [0.3, 0.4) is 0 Å². The van der Waals surface area contributed by atoms with E-state index in [0.29, 0.717) is 0 Å². The van der Waals surface area contributed by atoms with Gasteiger partial charge >= 0.3 is 0 Å². The van der Waals surface area contributed by atoms with E-state index < -0.39 is 0 Å². The molecule has 1 aromatic heterocycles. The summed E-state index contributed by atoms with van der Waals surface area (Å²) in [6.45, 7) is 0.00301. The number of amides is 2. The molecule has 0 saturated heterocycles. The predicted octanol–water partition coefficient (Wildman–Crippen LogP) is 0.352. The van der Waals surface area contributed by atoms with Gasteiger partial charge in [-0.05, 0) is 11.6 Å². The van der Waals surface area contributed by atoms with Crippen molar-refractivity contribution in [3.63, 3.8) is 0 Å². The molecule has 0 unspecified atom stereocenters. The molecule has 8 heteroatoms. The Balaban J connectivity index is 2.65. The van der Waals surface area contributed by atoms with Crippen LogP contribution < -0.4 is 0 Å². The van der Waals surface area contributed by atoms with E-state index in [-0.39, 0.29) is 27.8 Å². The zero-order valence-electron chi connectivity index (χ0n) is 9.10. The summed E-state index contributed by atoms with van der Waals surface area (Å²) in [4.78, 5) is 25.8. The fraction of sp³-hybridized carbons (Fsp3) is 0.500. The van der Waals surface area contributed by atoms with Crippen molar-refractivity contribution in [1.29, 1.82) is 0 Å². The largest absolute Gasteiger partial charge is 0.347 e. The zero-order chi connectivity index (χ0) is 12.3. The Morgan fingerprint density at radius 3 is 2.38 bits per heavy atom. The smallest absolute Gasteiger partial charge is 0.285 e. The van der Waals surface area contributed by atoms with E-state index in [9.17, 15) is 9.59 Å². The summed E-state index contributed by atoms with van der Waals surface area (Å²) in [7, 11) is 4.78. The van der Waals surface area contributed by atoms with Crippen molar-refractivity contribution in [2.45, 2.75) is 0 Å². The van der Waals surface area contributed by atoms with Gasteiger partial charge in [-0.1, -0.05) is 11.3 Å². The molecule has 0 fully saturated rings. The molecule has 1 heterocycles. The lowest BCUT2D eigenvalue weighted by Crippen LogP contribution is -2.37. The first-order valence-corrected chi connectivity index (χ1v) is 5.56. The van der Waals surface area contributed by atoms with Crippen LogP contribution in [-0.2, 0) is 4.79 Å². The Kier molecular flexibility index (Phi) is 4.19. The summed E-state index contributed by atoms with van der Waals surface area (Å²) in [6.07, 6.45) is 0. The maximum atomic E-state index is 11.7. The van der Waals surface area contributed by atoms with Crippen LogP contribution >= 0.6 is 22.9 Å². The SMILES string of the molecule is CN(C)C(=O)CN(C)C(=O)c1nnc(Cl)s1. The molecule has 0 bridgehead atoms. The summed E-state index contributed by atoms with van der Waals surface area (Å²) in [5.74, 6) is -0.522. The number of rotatable bonds is 3. The second-order valence-electron chi connectivity index (χ2n) is 3.31. The van der Waals surface area contributed by atoms with Crippen LogP contribution in [0.15, 0.2) is 0 Å². The lowest BCUT2D eigenvalue weighted by atomic mass is 10.4. The van der Waals surface area contributed by atoms with Gasteiger partial charge in [0, 0.05) is 21.1 Å². The van der Waals surface area contributed by atoms with Crippen molar-refractivity contribution in [3.8, 4) is 0 Å². The van der Waals surface area contributed by atoms with Crippen LogP contribution in [0.1, 0.15) is 9.80 Å². The lowest BCUT2D eigenvalue weighted by molar-refractivity contribution is -0.129. The fourth-order valence-corrected chi connectivity index (χ4v) is 1.69. The molecule has 0 atom stereocenters. The maximum absolute atomic E-state index is 11.7. The van der Waals surface area contributed by atoms with Gasteiger partial charge in [-0.2, -0.15) is 0 Å². The van der Waals surface area contributed by atoms with Crippen LogP contribution in [-0.4, -0.2) is 59.5 Å². The quantitative estimate of drug-likeness (QED) is 0.789. The van der Waals surface area contributed by atoms with Crippen LogP contribution in [0.5, 0.6) is 0 Å². The minimum atomic E-state index is -0.361. The molecule has 0 aliphatic heterocycles. The Morgan fingerprint density at radius 2 is 1.94 bits per heavy atom. The van der Waals surface area contributed by atoms with Crippen molar-refractivity contribution in [3.05, 3.63) is 9.47 Å². The van der Waals surface area contributed by atoms with Gasteiger partial charge in [0.05, 0.1) is 6.54 Å². The van der Waals surface area contributed by atoms with Gasteiger partial charge in [0.2, 0.25) is 15.4 Å². The van der Waals surface area contributed by atoms with E-state index in [0.717, 1.165) is 11.3 Å². The number of aromatic nitrogens is 2. The number of halogens is 1. The standard InChI is InChI=1S/C8H11ClN4O2S/c1-12(2)5(14)4-13(3)7(15)6-10-11-8(9)16-6/h4H2,1-3H3. The minimum absolute atomic E-state index is 0.00301. The van der Waals surface area contributed by atoms with Crippen LogP contribution in [0.2, 0.25) is 4.47 Å². The molecular weight excluding hydrogens is 252 g/mol. The fourth-order valence-electron chi connectivity index (χ4n) is 0.871. The first-order valence-electron chi connectivity index (χ1n) is 4.36. The van der Waals surface area contributed by atoms with E-state index in [1.165, 1.54) is 16.8 Å². The van der Waals surface area contributed by atoms with E-state index in [1.54, 1.807) is 14.1 Å². The maximum Gasteiger partial charge on any atom is 0.285 e. The number of carbonyl (C=O) groups is 2. The van der Waals surface area contributed by atoms with Gasteiger partial charge in [0.1, 0.15) is 0 Å². The van der Waals surface area contributed by atoms with Crippen LogP contribution in [0.25, 0.3) is 0 Å². The van der Waals surface area contributed by atoms with Gasteiger partial charge in [-0.3, -0.25) is 9.59 Å². The van der Waals surface area contributed by atoms with Crippen molar-refractivity contribution >= 4 is 34.8 Å². The number of carbonyl (C=O) groups excluding carboxylic acids is 2. The average molecular weight is 263 g/mol. The van der Waals surface area contributed by atoms with Crippen molar-refractivity contribution in [1.82, 2.24) is 20.0 Å². The molecule has 0 aliphatic rings. The minimum Gasteiger partial charge on any atom is -0.347 e. The molecular formula is C8H11ClN4O2S. The average Bonchev–Trinajstić information content (AvgIpc) is 2.63.